The van der Waals surface area contributed by atoms with E-state index in [1.165, 1.54) is 29.8 Å². The Morgan fingerprint density at radius 3 is 2.40 bits per heavy atom. The zero-order chi connectivity index (χ0) is 15.3. The van der Waals surface area contributed by atoms with E-state index in [0.717, 1.165) is 0 Å². The molecule has 0 aliphatic heterocycles. The van der Waals surface area contributed by atoms with Crippen LogP contribution in [-0.2, 0) is 16.8 Å². The first-order valence-electron chi connectivity index (χ1n) is 6.06. The van der Waals surface area contributed by atoms with Gasteiger partial charge >= 0.3 is 0 Å². The Hall–Kier alpha value is -1.29. The van der Waals surface area contributed by atoms with E-state index in [1.807, 2.05) is 4.90 Å². The second kappa shape index (κ2) is 6.93. The third-order valence-corrected chi connectivity index (χ3v) is 4.72. The fraction of sp³-hybridized carbons (Fsp3) is 0.636. The summed E-state index contributed by atoms with van der Waals surface area (Å²) in [4.78, 5) is 9.86. The molecule has 0 amide bonds. The van der Waals surface area contributed by atoms with Crippen molar-refractivity contribution in [3.63, 3.8) is 0 Å². The molecule has 0 atom stereocenters. The van der Waals surface area contributed by atoms with Gasteiger partial charge in [-0.05, 0) is 6.07 Å². The summed E-state index contributed by atoms with van der Waals surface area (Å²) in [5.41, 5.74) is 0. The summed E-state index contributed by atoms with van der Waals surface area (Å²) < 4.78 is 26.2. The fourth-order valence-electron chi connectivity index (χ4n) is 1.48. The van der Waals surface area contributed by atoms with Gasteiger partial charge in [-0.25, -0.2) is 9.97 Å². The van der Waals surface area contributed by atoms with Crippen LogP contribution in [0.25, 0.3) is 0 Å². The molecule has 1 aromatic heterocycles. The summed E-state index contributed by atoms with van der Waals surface area (Å²) in [7, 11) is 2.92. The number of aliphatic hydroxyl groups is 1. The van der Waals surface area contributed by atoms with Gasteiger partial charge in [-0.3, -0.25) is 0 Å². The van der Waals surface area contributed by atoms with Crippen LogP contribution in [0.4, 0.5) is 5.82 Å². The summed E-state index contributed by atoms with van der Waals surface area (Å²) in [6, 6.07) is 1.71. The van der Waals surface area contributed by atoms with Crippen LogP contribution in [0.3, 0.4) is 0 Å². The predicted octanol–water partition coefficient (Wildman–Crippen LogP) is -0.857. The molecular weight excluding hydrogens is 282 g/mol. The first-order chi connectivity index (χ1) is 9.28. The maximum atomic E-state index is 11.9. The predicted molar refractivity (Wildman–Crippen MR) is 76.5 cm³/mol. The minimum Gasteiger partial charge on any atom is -0.388 e. The summed E-state index contributed by atoms with van der Waals surface area (Å²) >= 11 is 0. The van der Waals surface area contributed by atoms with Crippen LogP contribution in [-0.4, -0.2) is 73.4 Å². The third-order valence-electron chi connectivity index (χ3n) is 2.83. The average Bonchev–Trinajstić information content (AvgIpc) is 2.44. The molecule has 1 aromatic rings. The molecule has 114 valence electrons. The molecular formula is C11H21N5O3S. The Balaban J connectivity index is 2.65. The standard InChI is InChI=1S/C11H21N5O3S/c1-14(2)20(18,19)16(4)8-7-15(3)11-5-6-12-10(9-17)13-11/h5-6,17H,7-9H2,1-4H3. The Bertz CT molecular complexity index is 535. The molecule has 0 bridgehead atoms. The SMILES string of the molecule is CN(CCN(C)S(=O)(=O)N(C)C)c1ccnc(CO)n1. The molecule has 0 spiro atoms. The molecule has 1 heterocycles. The van der Waals surface area contributed by atoms with E-state index >= 15 is 0 Å². The van der Waals surface area contributed by atoms with Crippen LogP contribution in [0.15, 0.2) is 12.3 Å². The fourth-order valence-corrected chi connectivity index (χ4v) is 2.35. The second-order valence-electron chi connectivity index (χ2n) is 4.52. The molecule has 0 aliphatic carbocycles. The minimum atomic E-state index is -3.40. The number of anilines is 1. The van der Waals surface area contributed by atoms with Gasteiger partial charge in [0.25, 0.3) is 10.2 Å². The average molecular weight is 303 g/mol. The van der Waals surface area contributed by atoms with Crippen molar-refractivity contribution in [1.82, 2.24) is 18.6 Å². The smallest absolute Gasteiger partial charge is 0.281 e. The molecule has 8 nitrogen and oxygen atoms in total. The van der Waals surface area contributed by atoms with Crippen LogP contribution < -0.4 is 4.90 Å². The highest BCUT2D eigenvalue weighted by atomic mass is 32.2. The minimum absolute atomic E-state index is 0.226. The van der Waals surface area contributed by atoms with Crippen LogP contribution in [0.2, 0.25) is 0 Å². The van der Waals surface area contributed by atoms with Gasteiger partial charge in [-0.2, -0.15) is 17.0 Å². The Morgan fingerprint density at radius 2 is 1.85 bits per heavy atom. The van der Waals surface area contributed by atoms with E-state index in [2.05, 4.69) is 9.97 Å². The third kappa shape index (κ3) is 4.10. The lowest BCUT2D eigenvalue weighted by atomic mass is 10.4. The summed E-state index contributed by atoms with van der Waals surface area (Å²) in [6.45, 7) is 0.581. The van der Waals surface area contributed by atoms with Crippen molar-refractivity contribution in [2.45, 2.75) is 6.61 Å². The van der Waals surface area contributed by atoms with Gasteiger partial charge in [0.1, 0.15) is 12.4 Å². The number of hydrogen-bond acceptors (Lipinski definition) is 6. The van der Waals surface area contributed by atoms with E-state index < -0.39 is 10.2 Å². The molecule has 9 heteroatoms. The summed E-state index contributed by atoms with van der Waals surface area (Å²) in [5, 5.41) is 8.99. The molecule has 0 saturated heterocycles. The highest BCUT2D eigenvalue weighted by molar-refractivity contribution is 7.86. The van der Waals surface area contributed by atoms with E-state index in [9.17, 15) is 8.42 Å². The number of aromatic nitrogens is 2. The highest BCUT2D eigenvalue weighted by Crippen LogP contribution is 2.08. The quantitative estimate of drug-likeness (QED) is 0.705. The van der Waals surface area contributed by atoms with Crippen molar-refractivity contribution < 1.29 is 13.5 Å². The maximum Gasteiger partial charge on any atom is 0.281 e. The lowest BCUT2D eigenvalue weighted by Crippen LogP contribution is -2.41. The summed E-state index contributed by atoms with van der Waals surface area (Å²) in [6.07, 6.45) is 1.56. The van der Waals surface area contributed by atoms with Crippen LogP contribution >= 0.6 is 0 Å². The second-order valence-corrected chi connectivity index (χ2v) is 6.77. The van der Waals surface area contributed by atoms with Crippen molar-refractivity contribution in [2.75, 3.05) is 46.2 Å². The van der Waals surface area contributed by atoms with Crippen molar-refractivity contribution in [3.05, 3.63) is 18.1 Å². The Labute approximate surface area is 119 Å². The van der Waals surface area contributed by atoms with Gasteiger partial charge in [-0.1, -0.05) is 0 Å². The first kappa shape index (κ1) is 16.8. The van der Waals surface area contributed by atoms with Crippen molar-refractivity contribution >= 4 is 16.0 Å². The Morgan fingerprint density at radius 1 is 1.20 bits per heavy atom. The number of nitrogens with zero attached hydrogens (tertiary/aromatic N) is 5. The van der Waals surface area contributed by atoms with Gasteiger partial charge < -0.3 is 10.0 Å². The monoisotopic (exact) mass is 303 g/mol. The molecule has 0 aliphatic rings. The van der Waals surface area contributed by atoms with Crippen molar-refractivity contribution in [3.8, 4) is 0 Å². The van der Waals surface area contributed by atoms with Gasteiger partial charge in [0.2, 0.25) is 0 Å². The van der Waals surface area contributed by atoms with Crippen LogP contribution in [0.1, 0.15) is 5.82 Å². The van der Waals surface area contributed by atoms with E-state index in [1.54, 1.807) is 19.3 Å². The molecule has 1 N–H and O–H groups in total. The van der Waals surface area contributed by atoms with Gasteiger partial charge in [0.15, 0.2) is 5.82 Å². The lowest BCUT2D eigenvalue weighted by molar-refractivity contribution is 0.271. The highest BCUT2D eigenvalue weighted by Gasteiger charge is 2.20. The van der Waals surface area contributed by atoms with Gasteiger partial charge in [-0.15, -0.1) is 0 Å². The largest absolute Gasteiger partial charge is 0.388 e. The number of hydrogen-bond donors (Lipinski definition) is 1. The Kier molecular flexibility index (Phi) is 5.81. The molecule has 0 aromatic carbocycles. The molecule has 0 saturated carbocycles. The van der Waals surface area contributed by atoms with Crippen molar-refractivity contribution in [2.24, 2.45) is 0 Å². The topological polar surface area (TPSA) is 89.9 Å². The molecule has 0 fully saturated rings. The first-order valence-corrected chi connectivity index (χ1v) is 7.46. The molecule has 0 radical (unpaired) electrons. The number of rotatable bonds is 7. The van der Waals surface area contributed by atoms with Crippen LogP contribution in [0.5, 0.6) is 0 Å². The molecule has 1 rings (SSSR count). The van der Waals surface area contributed by atoms with E-state index in [-0.39, 0.29) is 6.61 Å². The zero-order valence-corrected chi connectivity index (χ0v) is 13.0. The number of aliphatic hydroxyl groups excluding tert-OH is 1. The zero-order valence-electron chi connectivity index (χ0n) is 12.2. The number of likely N-dealkylation sites (N-methyl/N-ethyl adjacent to an activating group) is 2. The van der Waals surface area contributed by atoms with E-state index in [4.69, 9.17) is 5.11 Å². The van der Waals surface area contributed by atoms with Gasteiger partial charge in [0.05, 0.1) is 0 Å². The van der Waals surface area contributed by atoms with E-state index in [0.29, 0.717) is 24.7 Å². The van der Waals surface area contributed by atoms with Crippen molar-refractivity contribution in [1.29, 1.82) is 0 Å². The lowest BCUT2D eigenvalue weighted by Gasteiger charge is -2.24. The molecule has 20 heavy (non-hydrogen) atoms. The molecule has 0 unspecified atom stereocenters. The normalized spacial score (nSPS) is 12.2. The van der Waals surface area contributed by atoms with Crippen LogP contribution in [0, 0.1) is 0 Å². The summed E-state index contributed by atoms with van der Waals surface area (Å²) in [5.74, 6) is 0.975. The van der Waals surface area contributed by atoms with Gasteiger partial charge in [0, 0.05) is 47.5 Å². The maximum absolute atomic E-state index is 11.9.